The molecule has 0 aliphatic heterocycles. The highest BCUT2D eigenvalue weighted by atomic mass is 35.5. The van der Waals surface area contributed by atoms with Gasteiger partial charge in [-0.1, -0.05) is 23.7 Å². The van der Waals surface area contributed by atoms with Gasteiger partial charge < -0.3 is 10.1 Å². The summed E-state index contributed by atoms with van der Waals surface area (Å²) in [6.07, 6.45) is -4.17. The van der Waals surface area contributed by atoms with Crippen LogP contribution in [0.4, 0.5) is 18.9 Å². The summed E-state index contributed by atoms with van der Waals surface area (Å²) in [5.74, 6) is -0.430. The summed E-state index contributed by atoms with van der Waals surface area (Å²) in [5, 5.41) is 11.6. The Morgan fingerprint density at radius 2 is 1.78 bits per heavy atom. The van der Waals surface area contributed by atoms with E-state index < -0.39 is 26.8 Å². The minimum absolute atomic E-state index is 0.0227. The number of nitrogens with zero attached hydrogens (tertiary/aromatic N) is 1. The van der Waals surface area contributed by atoms with Crippen LogP contribution in [0.5, 0.6) is 11.5 Å². The van der Waals surface area contributed by atoms with E-state index in [9.17, 15) is 31.6 Å². The first-order valence-electron chi connectivity index (χ1n) is 10.3. The molecule has 2 N–H and O–H groups in total. The first kappa shape index (κ1) is 26.8. The molecule has 188 valence electrons. The Hall–Kier alpha value is -3.75. The summed E-state index contributed by atoms with van der Waals surface area (Å²) < 4.78 is 72.6. The van der Waals surface area contributed by atoms with Crippen LogP contribution in [0, 0.1) is 11.3 Å². The van der Waals surface area contributed by atoms with Gasteiger partial charge in [-0.15, -0.1) is 0 Å². The zero-order chi connectivity index (χ0) is 26.5. The molecule has 0 spiro atoms. The van der Waals surface area contributed by atoms with Gasteiger partial charge in [0.05, 0.1) is 26.7 Å². The second-order valence-corrected chi connectivity index (χ2v) is 9.64. The number of nitriles is 1. The second-order valence-electron chi connectivity index (χ2n) is 7.55. The lowest BCUT2D eigenvalue weighted by molar-refractivity contribution is -0.137. The summed E-state index contributed by atoms with van der Waals surface area (Å²) >= 11 is 5.61. The quantitative estimate of drug-likeness (QED) is 0.394. The maximum Gasteiger partial charge on any atom is 0.417 e. The number of nitrogens with one attached hydrogen (secondary N) is 2. The number of carbonyl (C=O) groups is 1. The van der Waals surface area contributed by atoms with Gasteiger partial charge in [0.25, 0.3) is 10.0 Å². The van der Waals surface area contributed by atoms with Gasteiger partial charge in [0.2, 0.25) is 5.91 Å². The van der Waals surface area contributed by atoms with Crippen molar-refractivity contribution in [3.05, 3.63) is 82.4 Å². The third kappa shape index (κ3) is 6.90. The Morgan fingerprint density at radius 3 is 2.39 bits per heavy atom. The van der Waals surface area contributed by atoms with E-state index in [0.717, 1.165) is 11.6 Å². The highest BCUT2D eigenvalue weighted by Crippen LogP contribution is 2.38. The number of sulfonamides is 1. The number of benzene rings is 3. The Bertz CT molecular complexity index is 1420. The fraction of sp³-hybridized carbons (Fsp3) is 0.167. The maximum absolute atomic E-state index is 13.1. The zero-order valence-electron chi connectivity index (χ0n) is 18.7. The molecular weight excluding hydrogens is 519 g/mol. The number of halogens is 4. The molecule has 1 amide bonds. The Balaban J connectivity index is 1.76. The fourth-order valence-electron chi connectivity index (χ4n) is 3.11. The highest BCUT2D eigenvalue weighted by Gasteiger charge is 2.33. The molecule has 0 aliphatic carbocycles. The van der Waals surface area contributed by atoms with Crippen molar-refractivity contribution >= 4 is 33.2 Å². The molecule has 0 atom stereocenters. The molecule has 7 nitrogen and oxygen atoms in total. The van der Waals surface area contributed by atoms with Crippen molar-refractivity contribution in [1.29, 1.82) is 5.26 Å². The number of carbonyl (C=O) groups excluding carboxylic acids is 1. The highest BCUT2D eigenvalue weighted by molar-refractivity contribution is 7.92. The topological polar surface area (TPSA) is 108 Å². The number of hydrogen-bond acceptors (Lipinski definition) is 5. The molecule has 0 saturated carbocycles. The van der Waals surface area contributed by atoms with Crippen LogP contribution < -0.4 is 14.8 Å². The second kappa shape index (κ2) is 10.9. The fourth-order valence-corrected chi connectivity index (χ4v) is 4.39. The number of anilines is 1. The third-order valence-corrected chi connectivity index (χ3v) is 6.57. The van der Waals surface area contributed by atoms with Crippen molar-refractivity contribution in [2.24, 2.45) is 0 Å². The molecule has 0 aliphatic rings. The first-order chi connectivity index (χ1) is 16.9. The van der Waals surface area contributed by atoms with E-state index in [-0.39, 0.29) is 33.6 Å². The summed E-state index contributed by atoms with van der Waals surface area (Å²) in [4.78, 5) is 10.9. The van der Waals surface area contributed by atoms with Gasteiger partial charge in [0.15, 0.2) is 0 Å². The van der Waals surface area contributed by atoms with Gasteiger partial charge in [0, 0.05) is 13.5 Å². The van der Waals surface area contributed by atoms with Crippen molar-refractivity contribution < 1.29 is 31.1 Å². The lowest BCUT2D eigenvalue weighted by Crippen LogP contribution is -2.22. The summed E-state index contributed by atoms with van der Waals surface area (Å²) in [5.41, 5.74) is -0.315. The molecule has 3 rings (SSSR count). The molecule has 3 aromatic carbocycles. The van der Waals surface area contributed by atoms with Crippen molar-refractivity contribution in [1.82, 2.24) is 5.32 Å². The average Bonchev–Trinajstić information content (AvgIpc) is 2.80. The summed E-state index contributed by atoms with van der Waals surface area (Å²) in [7, 11) is -4.00. The van der Waals surface area contributed by atoms with E-state index in [2.05, 4.69) is 10.0 Å². The Morgan fingerprint density at radius 1 is 1.08 bits per heavy atom. The van der Waals surface area contributed by atoms with E-state index in [1.54, 1.807) is 12.1 Å². The van der Waals surface area contributed by atoms with Gasteiger partial charge >= 0.3 is 6.18 Å². The van der Waals surface area contributed by atoms with E-state index in [4.69, 9.17) is 16.3 Å². The average molecular weight is 538 g/mol. The summed E-state index contributed by atoms with van der Waals surface area (Å²) in [6, 6.07) is 14.6. The lowest BCUT2D eigenvalue weighted by Gasteiger charge is -2.14. The standard InChI is InChI=1S/C24H19ClF3N3O4S/c1-15(32)30-11-10-16-2-6-20(7-3-16)36(33,34)31-18-4-9-23(17(12-18)14-29)35-19-5-8-22(25)21(13-19)24(26,27)28/h2-9,12-13,31H,10-11H2,1H3,(H,30,32). The third-order valence-electron chi connectivity index (χ3n) is 4.84. The van der Waals surface area contributed by atoms with E-state index in [1.165, 1.54) is 43.3 Å². The predicted molar refractivity (Wildman–Crippen MR) is 127 cm³/mol. The van der Waals surface area contributed by atoms with E-state index >= 15 is 0 Å². The number of ether oxygens (including phenoxy) is 1. The van der Waals surface area contributed by atoms with Crippen molar-refractivity contribution in [2.75, 3.05) is 11.3 Å². The van der Waals surface area contributed by atoms with Crippen molar-refractivity contribution in [2.45, 2.75) is 24.4 Å². The van der Waals surface area contributed by atoms with Crippen LogP contribution in [-0.2, 0) is 27.4 Å². The van der Waals surface area contributed by atoms with Crippen LogP contribution in [0.2, 0.25) is 5.02 Å². The maximum atomic E-state index is 13.1. The molecule has 0 unspecified atom stereocenters. The molecule has 0 fully saturated rings. The van der Waals surface area contributed by atoms with Gasteiger partial charge in [0.1, 0.15) is 17.6 Å². The molecule has 0 aromatic heterocycles. The SMILES string of the molecule is CC(=O)NCCc1ccc(S(=O)(=O)Nc2ccc(Oc3ccc(Cl)c(C(F)(F)F)c3)c(C#N)c2)cc1. The smallest absolute Gasteiger partial charge is 0.417 e. The summed E-state index contributed by atoms with van der Waals surface area (Å²) in [6.45, 7) is 1.82. The van der Waals surface area contributed by atoms with E-state index in [0.29, 0.717) is 19.0 Å². The van der Waals surface area contributed by atoms with Crippen molar-refractivity contribution in [3.8, 4) is 17.6 Å². The van der Waals surface area contributed by atoms with Crippen LogP contribution in [-0.4, -0.2) is 20.9 Å². The molecule has 3 aromatic rings. The minimum atomic E-state index is -4.69. The molecular formula is C24H19ClF3N3O4S. The van der Waals surface area contributed by atoms with Gasteiger partial charge in [-0.2, -0.15) is 18.4 Å². The van der Waals surface area contributed by atoms with Crippen molar-refractivity contribution in [3.63, 3.8) is 0 Å². The number of amides is 1. The first-order valence-corrected chi connectivity index (χ1v) is 12.2. The Labute approximate surface area is 210 Å². The molecule has 36 heavy (non-hydrogen) atoms. The van der Waals surface area contributed by atoms with Gasteiger partial charge in [-0.25, -0.2) is 8.42 Å². The van der Waals surface area contributed by atoms with Crippen LogP contribution in [0.15, 0.2) is 65.6 Å². The largest absolute Gasteiger partial charge is 0.456 e. The molecule has 0 radical (unpaired) electrons. The predicted octanol–water partition coefficient (Wildman–Crippen LogP) is 5.50. The lowest BCUT2D eigenvalue weighted by atomic mass is 10.1. The van der Waals surface area contributed by atoms with Crippen LogP contribution in [0.3, 0.4) is 0 Å². The minimum Gasteiger partial charge on any atom is -0.456 e. The van der Waals surface area contributed by atoms with Gasteiger partial charge in [-0.05, 0) is 60.5 Å². The van der Waals surface area contributed by atoms with Crippen LogP contribution in [0.1, 0.15) is 23.6 Å². The van der Waals surface area contributed by atoms with Crippen LogP contribution in [0.25, 0.3) is 0 Å². The van der Waals surface area contributed by atoms with Gasteiger partial charge in [-0.3, -0.25) is 9.52 Å². The number of hydrogen-bond donors (Lipinski definition) is 2. The Kier molecular flexibility index (Phi) is 8.12. The van der Waals surface area contributed by atoms with Crippen LogP contribution >= 0.6 is 11.6 Å². The number of rotatable bonds is 8. The molecule has 12 heteroatoms. The molecule has 0 bridgehead atoms. The zero-order valence-corrected chi connectivity index (χ0v) is 20.3. The normalized spacial score (nSPS) is 11.4. The molecule has 0 heterocycles. The number of alkyl halides is 3. The van der Waals surface area contributed by atoms with E-state index in [1.807, 2.05) is 6.07 Å². The molecule has 0 saturated heterocycles. The monoisotopic (exact) mass is 537 g/mol.